The molecule has 0 spiro atoms. The van der Waals surface area contributed by atoms with Gasteiger partial charge in [0, 0.05) is 0 Å². The van der Waals surface area contributed by atoms with E-state index in [4.69, 9.17) is 14.2 Å². The Kier molecular flexibility index (Phi) is 7.67. The molecule has 10 heteroatoms. The molecule has 6 N–H and O–H groups in total. The molecule has 1 aliphatic heterocycles. The third-order valence-corrected chi connectivity index (χ3v) is 4.82. The number of aromatic hydroxyl groups is 3. The van der Waals surface area contributed by atoms with Crippen molar-refractivity contribution in [3.8, 4) is 17.2 Å². The van der Waals surface area contributed by atoms with Crippen molar-refractivity contribution in [1.29, 1.82) is 0 Å². The quantitative estimate of drug-likeness (QED) is 0.259. The Morgan fingerprint density at radius 1 is 0.969 bits per heavy atom. The van der Waals surface area contributed by atoms with Crippen LogP contribution in [0.4, 0.5) is 0 Å². The van der Waals surface area contributed by atoms with Crippen molar-refractivity contribution in [1.82, 2.24) is 0 Å². The van der Waals surface area contributed by atoms with Gasteiger partial charge in [-0.2, -0.15) is 0 Å². The Morgan fingerprint density at radius 2 is 1.62 bits per heavy atom. The summed E-state index contributed by atoms with van der Waals surface area (Å²) in [5, 5.41) is 58.7. The molecular weight excluding hydrogens is 424 g/mol. The van der Waals surface area contributed by atoms with E-state index in [0.29, 0.717) is 0 Å². The van der Waals surface area contributed by atoms with Crippen LogP contribution in [0.15, 0.2) is 48.5 Å². The molecule has 5 atom stereocenters. The highest BCUT2D eigenvalue weighted by molar-refractivity contribution is 5.91. The number of carbonyl (C=O) groups excluding carboxylic acids is 1. The second-order valence-corrected chi connectivity index (χ2v) is 7.12. The van der Waals surface area contributed by atoms with Gasteiger partial charge in [-0.25, -0.2) is 4.79 Å². The number of aliphatic hydroxyl groups is 3. The molecule has 10 nitrogen and oxygen atoms in total. The fourth-order valence-electron chi connectivity index (χ4n) is 3.05. The molecule has 2 aromatic carbocycles. The van der Waals surface area contributed by atoms with Crippen LogP contribution < -0.4 is 0 Å². The maximum Gasteiger partial charge on any atom is 0.338 e. The Balaban J connectivity index is 1.57. The highest BCUT2D eigenvalue weighted by Gasteiger charge is 2.44. The molecule has 0 bridgehead atoms. The highest BCUT2D eigenvalue weighted by Crippen LogP contribution is 2.35. The minimum absolute atomic E-state index is 0.0397. The van der Waals surface area contributed by atoms with Gasteiger partial charge in [0.25, 0.3) is 0 Å². The van der Waals surface area contributed by atoms with E-state index >= 15 is 0 Å². The smallest absolute Gasteiger partial charge is 0.338 e. The molecular formula is C22H24O10. The van der Waals surface area contributed by atoms with Crippen molar-refractivity contribution in [3.63, 3.8) is 0 Å². The molecule has 1 heterocycles. The van der Waals surface area contributed by atoms with Crippen molar-refractivity contribution in [2.45, 2.75) is 30.7 Å². The lowest BCUT2D eigenvalue weighted by molar-refractivity contribution is -0.298. The van der Waals surface area contributed by atoms with Crippen molar-refractivity contribution < 1.29 is 49.6 Å². The monoisotopic (exact) mass is 448 g/mol. The molecule has 0 aromatic heterocycles. The lowest BCUT2D eigenvalue weighted by atomic mass is 9.99. The molecule has 0 saturated carbocycles. The molecule has 0 aliphatic carbocycles. The van der Waals surface area contributed by atoms with E-state index in [2.05, 4.69) is 0 Å². The second-order valence-electron chi connectivity index (χ2n) is 7.12. The number of phenols is 3. The predicted molar refractivity (Wildman–Crippen MR) is 110 cm³/mol. The number of aliphatic hydroxyl groups excluding tert-OH is 3. The van der Waals surface area contributed by atoms with Crippen LogP contribution in [0.5, 0.6) is 17.2 Å². The first-order valence-electron chi connectivity index (χ1n) is 9.73. The van der Waals surface area contributed by atoms with Gasteiger partial charge < -0.3 is 44.8 Å². The SMILES string of the molecule is O=C(OCC1OC(OCC=Cc2ccccc2)C(O)C(O)C1O)c1cc(O)c(O)c(O)c1. The molecule has 1 saturated heterocycles. The third-order valence-electron chi connectivity index (χ3n) is 4.82. The number of phenolic OH excluding ortho intramolecular Hbond substituents is 3. The van der Waals surface area contributed by atoms with E-state index in [0.717, 1.165) is 17.7 Å². The number of ether oxygens (including phenoxy) is 3. The van der Waals surface area contributed by atoms with Crippen LogP contribution in [0.1, 0.15) is 15.9 Å². The number of rotatable bonds is 7. The first-order chi connectivity index (χ1) is 15.3. The van der Waals surface area contributed by atoms with E-state index in [1.165, 1.54) is 0 Å². The van der Waals surface area contributed by atoms with E-state index in [9.17, 15) is 35.4 Å². The zero-order valence-electron chi connectivity index (χ0n) is 16.8. The molecule has 172 valence electrons. The van der Waals surface area contributed by atoms with Crippen LogP contribution in [0.3, 0.4) is 0 Å². The Labute approximate surface area is 183 Å². The number of carbonyl (C=O) groups is 1. The fourth-order valence-corrected chi connectivity index (χ4v) is 3.05. The van der Waals surface area contributed by atoms with Gasteiger partial charge in [0.2, 0.25) is 0 Å². The average Bonchev–Trinajstić information content (AvgIpc) is 2.79. The largest absolute Gasteiger partial charge is 0.504 e. The maximum absolute atomic E-state index is 12.2. The van der Waals surface area contributed by atoms with Gasteiger partial charge >= 0.3 is 5.97 Å². The third kappa shape index (κ3) is 5.55. The van der Waals surface area contributed by atoms with E-state index in [-0.39, 0.29) is 12.2 Å². The van der Waals surface area contributed by atoms with Gasteiger partial charge in [-0.05, 0) is 17.7 Å². The summed E-state index contributed by atoms with van der Waals surface area (Å²) in [5.74, 6) is -3.22. The second kappa shape index (κ2) is 10.4. The predicted octanol–water partition coefficient (Wildman–Crippen LogP) is 0.498. The van der Waals surface area contributed by atoms with Gasteiger partial charge in [0.15, 0.2) is 23.5 Å². The Morgan fingerprint density at radius 3 is 2.28 bits per heavy atom. The van der Waals surface area contributed by atoms with E-state index in [1.54, 1.807) is 12.2 Å². The highest BCUT2D eigenvalue weighted by atomic mass is 16.7. The summed E-state index contributed by atoms with van der Waals surface area (Å²) in [6, 6.07) is 11.2. The van der Waals surface area contributed by atoms with Gasteiger partial charge in [-0.1, -0.05) is 42.5 Å². The molecule has 1 fully saturated rings. The van der Waals surface area contributed by atoms with E-state index in [1.807, 2.05) is 30.3 Å². The van der Waals surface area contributed by atoms with E-state index < -0.39 is 60.5 Å². The lowest BCUT2D eigenvalue weighted by Gasteiger charge is -2.39. The zero-order chi connectivity index (χ0) is 23.3. The normalized spacial score (nSPS) is 25.7. The molecule has 1 aliphatic rings. The van der Waals surface area contributed by atoms with Crippen LogP contribution in [0, 0.1) is 0 Å². The molecule has 0 amide bonds. The minimum atomic E-state index is -1.61. The van der Waals surface area contributed by atoms with Crippen LogP contribution in [-0.2, 0) is 14.2 Å². The standard InChI is InChI=1S/C22H24O10/c23-14-9-13(10-15(24)17(14)25)21(29)31-11-16-18(26)19(27)20(28)22(32-16)30-8-4-7-12-5-2-1-3-6-12/h1-7,9-10,16,18-20,22-28H,8,11H2. The summed E-state index contributed by atoms with van der Waals surface area (Å²) >= 11 is 0. The van der Waals surface area contributed by atoms with Crippen molar-refractivity contribution in [2.24, 2.45) is 0 Å². The molecule has 5 unspecified atom stereocenters. The first-order valence-corrected chi connectivity index (χ1v) is 9.73. The number of hydrogen-bond acceptors (Lipinski definition) is 10. The Hall–Kier alpha value is -3.15. The van der Waals surface area contributed by atoms with Crippen molar-refractivity contribution >= 4 is 12.0 Å². The molecule has 2 aromatic rings. The summed E-state index contributed by atoms with van der Waals surface area (Å²) < 4.78 is 15.9. The van der Waals surface area contributed by atoms with Crippen LogP contribution in [0.25, 0.3) is 6.08 Å². The maximum atomic E-state index is 12.2. The topological polar surface area (TPSA) is 166 Å². The number of hydrogen-bond donors (Lipinski definition) is 6. The molecule has 32 heavy (non-hydrogen) atoms. The summed E-state index contributed by atoms with van der Waals surface area (Å²) in [6.07, 6.45) is -3.76. The van der Waals surface area contributed by atoms with Crippen LogP contribution >= 0.6 is 0 Å². The number of benzene rings is 2. The van der Waals surface area contributed by atoms with Gasteiger partial charge in [0.05, 0.1) is 12.2 Å². The number of esters is 1. The summed E-state index contributed by atoms with van der Waals surface area (Å²) in [5.41, 5.74) is 0.676. The van der Waals surface area contributed by atoms with Gasteiger partial charge in [-0.3, -0.25) is 0 Å². The molecule has 3 rings (SSSR count). The lowest BCUT2D eigenvalue weighted by Crippen LogP contribution is -2.59. The van der Waals surface area contributed by atoms with Crippen molar-refractivity contribution in [3.05, 3.63) is 59.7 Å². The Bertz CT molecular complexity index is 922. The summed E-state index contributed by atoms with van der Waals surface area (Å²) in [6.45, 7) is -0.482. The summed E-state index contributed by atoms with van der Waals surface area (Å²) in [4.78, 5) is 12.2. The minimum Gasteiger partial charge on any atom is -0.504 e. The first kappa shape index (κ1) is 23.5. The summed E-state index contributed by atoms with van der Waals surface area (Å²) in [7, 11) is 0. The average molecular weight is 448 g/mol. The van der Waals surface area contributed by atoms with Gasteiger partial charge in [-0.15, -0.1) is 0 Å². The van der Waals surface area contributed by atoms with Crippen LogP contribution in [0.2, 0.25) is 0 Å². The molecule has 0 radical (unpaired) electrons. The van der Waals surface area contributed by atoms with Crippen molar-refractivity contribution in [2.75, 3.05) is 13.2 Å². The van der Waals surface area contributed by atoms with Crippen LogP contribution in [-0.4, -0.2) is 80.5 Å². The fraction of sp³-hybridized carbons (Fsp3) is 0.318. The zero-order valence-corrected chi connectivity index (χ0v) is 16.8. The van der Waals surface area contributed by atoms with Gasteiger partial charge in [0.1, 0.15) is 31.0 Å².